The summed E-state index contributed by atoms with van der Waals surface area (Å²) in [7, 11) is 0. The van der Waals surface area contributed by atoms with Crippen LogP contribution in [0.4, 0.5) is 0 Å². The van der Waals surface area contributed by atoms with Gasteiger partial charge in [0.1, 0.15) is 0 Å². The van der Waals surface area contributed by atoms with Gasteiger partial charge in [0, 0.05) is 76.8 Å². The Morgan fingerprint density at radius 2 is 0.761 bits per heavy atom. The monoisotopic (exact) mass is 1460 g/mol. The summed E-state index contributed by atoms with van der Waals surface area (Å²) < 4.78 is 0. The fraction of sp³-hybridized carbons (Fsp3) is 0.0492. The summed E-state index contributed by atoms with van der Waals surface area (Å²) in [4.78, 5) is 31.9. The second kappa shape index (κ2) is 32.8. The molecule has 0 unspecified atom stereocenters. The zero-order chi connectivity index (χ0) is 47.6. The standard InChI is InChI=1S/C22H14N2.C12H10N.2C11H8N.C5H8O2.3Ir/c1-2-8-17(9-3-1)21-13-7-14-22(24-21)19-11-6-10-18(16-19)20-12-4-5-15-23-20;1-10-7-8-13-12(9-10)11-5-3-2-4-6-11;2*1-2-6-10(7-3-1)11-8-4-5-9-12-11;1-4(6)3-5(2)7;;;/h1-8,10-15H;2-5,7-9H,1H3;2*1-6,8-9H;3,6H,1-2H3;;;/q-2;3*-1;;;;+3. The van der Waals surface area contributed by atoms with E-state index in [1.54, 1.807) is 18.6 Å². The topological polar surface area (TPSA) is 102 Å². The van der Waals surface area contributed by atoms with Crippen LogP contribution in [0.3, 0.4) is 0 Å². The first-order chi connectivity index (χ1) is 33.3. The van der Waals surface area contributed by atoms with E-state index < -0.39 is 0 Å². The summed E-state index contributed by atoms with van der Waals surface area (Å²) >= 11 is 0. The first-order valence-electron chi connectivity index (χ1n) is 21.7. The van der Waals surface area contributed by atoms with Gasteiger partial charge in [-0.15, -0.1) is 168 Å². The summed E-state index contributed by atoms with van der Waals surface area (Å²) in [6.07, 6.45) is 8.36. The number of rotatable bonds is 7. The molecule has 10 rings (SSSR count). The number of carbonyl (C=O) groups is 1. The predicted molar refractivity (Wildman–Crippen MR) is 273 cm³/mol. The van der Waals surface area contributed by atoms with Crippen molar-refractivity contribution in [3.8, 4) is 67.5 Å². The van der Waals surface area contributed by atoms with E-state index in [-0.39, 0.29) is 71.9 Å². The van der Waals surface area contributed by atoms with Crippen LogP contribution in [0.15, 0.2) is 237 Å². The van der Waals surface area contributed by atoms with Crippen molar-refractivity contribution in [2.45, 2.75) is 20.8 Å². The number of benzene rings is 5. The fourth-order valence-electron chi connectivity index (χ4n) is 6.26. The molecule has 0 aliphatic rings. The third-order valence-electron chi connectivity index (χ3n) is 9.36. The number of ketones is 1. The summed E-state index contributed by atoms with van der Waals surface area (Å²) in [6, 6.07) is 81.1. The molecular formula is C61H48Ir3N5O2-2. The van der Waals surface area contributed by atoms with E-state index in [2.05, 4.69) is 63.3 Å². The molecule has 10 heteroatoms. The number of aliphatic hydroxyl groups is 1. The van der Waals surface area contributed by atoms with Crippen molar-refractivity contribution in [2.75, 3.05) is 0 Å². The third-order valence-corrected chi connectivity index (χ3v) is 9.36. The molecule has 0 fully saturated rings. The Morgan fingerprint density at radius 3 is 1.13 bits per heavy atom. The third kappa shape index (κ3) is 20.5. The molecule has 0 aliphatic carbocycles. The van der Waals surface area contributed by atoms with E-state index in [4.69, 9.17) is 10.1 Å². The van der Waals surface area contributed by atoms with Gasteiger partial charge in [-0.25, -0.2) is 0 Å². The van der Waals surface area contributed by atoms with E-state index in [9.17, 15) is 4.79 Å². The van der Waals surface area contributed by atoms with Gasteiger partial charge in [-0.3, -0.25) is 9.78 Å². The minimum absolute atomic E-state index is 0. The molecular weight excluding hydrogens is 1410 g/mol. The zero-order valence-electron chi connectivity index (χ0n) is 39.0. The van der Waals surface area contributed by atoms with E-state index in [1.807, 2.05) is 200 Å². The van der Waals surface area contributed by atoms with Gasteiger partial charge >= 0.3 is 20.1 Å². The van der Waals surface area contributed by atoms with Crippen LogP contribution in [0.25, 0.3) is 67.5 Å². The van der Waals surface area contributed by atoms with E-state index in [0.717, 1.165) is 67.5 Å². The first kappa shape index (κ1) is 58.3. The molecule has 0 bridgehead atoms. The van der Waals surface area contributed by atoms with Crippen molar-refractivity contribution in [3.05, 3.63) is 273 Å². The maximum Gasteiger partial charge on any atom is 3.00 e. The zero-order valence-corrected chi connectivity index (χ0v) is 46.2. The van der Waals surface area contributed by atoms with Gasteiger partial charge < -0.3 is 25.0 Å². The maximum absolute atomic E-state index is 10.0. The fourth-order valence-corrected chi connectivity index (χ4v) is 6.26. The second-order valence-electron chi connectivity index (χ2n) is 14.8. The van der Waals surface area contributed by atoms with Crippen molar-refractivity contribution in [1.29, 1.82) is 0 Å². The van der Waals surface area contributed by atoms with E-state index >= 15 is 0 Å². The Labute approximate surface area is 458 Å². The summed E-state index contributed by atoms with van der Waals surface area (Å²) in [5, 5.41) is 8.36. The molecule has 0 spiro atoms. The van der Waals surface area contributed by atoms with Gasteiger partial charge in [0.25, 0.3) is 0 Å². The molecule has 0 saturated carbocycles. The molecule has 71 heavy (non-hydrogen) atoms. The van der Waals surface area contributed by atoms with Crippen LogP contribution in [-0.2, 0) is 65.1 Å². The Hall–Kier alpha value is -6.99. The normalized spacial score (nSPS) is 9.76. The number of aromatic nitrogens is 5. The molecule has 7 nitrogen and oxygen atoms in total. The van der Waals surface area contributed by atoms with Gasteiger partial charge in [0.15, 0.2) is 5.78 Å². The number of nitrogens with zero attached hydrogens (tertiary/aromatic N) is 5. The summed E-state index contributed by atoms with van der Waals surface area (Å²) in [6.45, 7) is 4.91. The quantitative estimate of drug-likeness (QED) is 0.0963. The molecule has 1 N–H and O–H groups in total. The van der Waals surface area contributed by atoms with Crippen molar-refractivity contribution in [3.63, 3.8) is 0 Å². The number of pyridine rings is 5. The molecule has 0 saturated heterocycles. The molecule has 5 aromatic carbocycles. The maximum atomic E-state index is 10.0. The summed E-state index contributed by atoms with van der Waals surface area (Å²) in [5.41, 5.74) is 12.9. The van der Waals surface area contributed by atoms with Crippen LogP contribution in [0.1, 0.15) is 19.4 Å². The summed E-state index contributed by atoms with van der Waals surface area (Å²) in [5.74, 6) is -0.0625. The van der Waals surface area contributed by atoms with Crippen LogP contribution in [0.2, 0.25) is 0 Å². The van der Waals surface area contributed by atoms with Gasteiger partial charge in [0.2, 0.25) is 0 Å². The smallest absolute Gasteiger partial charge is 0.512 e. The molecule has 5 aromatic heterocycles. The van der Waals surface area contributed by atoms with Gasteiger partial charge in [-0.2, -0.15) is 0 Å². The van der Waals surface area contributed by atoms with Crippen LogP contribution < -0.4 is 0 Å². The average molecular weight is 1460 g/mol. The van der Waals surface area contributed by atoms with Gasteiger partial charge in [0.05, 0.1) is 5.76 Å². The predicted octanol–water partition coefficient (Wildman–Crippen LogP) is 14.1. The van der Waals surface area contributed by atoms with E-state index in [0.29, 0.717) is 0 Å². The number of allylic oxidation sites excluding steroid dienone is 2. The Bertz CT molecular complexity index is 2810. The number of aliphatic hydroxyl groups excluding tert-OH is 1. The molecule has 10 aromatic rings. The number of hydrogen-bond donors (Lipinski definition) is 1. The first-order valence-corrected chi connectivity index (χ1v) is 21.7. The Kier molecular flexibility index (Phi) is 26.9. The van der Waals surface area contributed by atoms with Crippen molar-refractivity contribution in [1.82, 2.24) is 24.9 Å². The van der Waals surface area contributed by atoms with Crippen LogP contribution in [-0.4, -0.2) is 35.8 Å². The number of hydrogen-bond acceptors (Lipinski definition) is 7. The average Bonchev–Trinajstić information content (AvgIpc) is 3.41. The van der Waals surface area contributed by atoms with Gasteiger partial charge in [-0.05, 0) is 73.5 Å². The Morgan fingerprint density at radius 1 is 0.423 bits per heavy atom. The Balaban J connectivity index is 0.000000246. The molecule has 0 aliphatic heterocycles. The van der Waals surface area contributed by atoms with Crippen LogP contribution >= 0.6 is 0 Å². The van der Waals surface area contributed by atoms with Crippen molar-refractivity contribution in [2.24, 2.45) is 0 Å². The number of aryl methyl sites for hydroxylation is 1. The molecule has 2 radical (unpaired) electrons. The second-order valence-corrected chi connectivity index (χ2v) is 14.8. The SMILES string of the molecule is CC(=O)C=C(C)O.Cc1ccnc(-c2[c-]cccc2)c1.[Ir+3].[Ir].[Ir].[c-]1ccccc1-c1cccc(-c2[c-]c(-c3ccccn3)ccc2)n1.[c-]1ccccc1-c1ccccn1.[c-]1ccccc1-c1ccccn1. The van der Waals surface area contributed by atoms with Crippen LogP contribution in [0.5, 0.6) is 0 Å². The minimum Gasteiger partial charge on any atom is -0.512 e. The van der Waals surface area contributed by atoms with Gasteiger partial charge in [-0.1, -0.05) is 77.4 Å². The molecule has 0 amide bonds. The van der Waals surface area contributed by atoms with Crippen molar-refractivity contribution >= 4 is 5.78 Å². The minimum atomic E-state index is -0.125. The van der Waals surface area contributed by atoms with E-state index in [1.165, 1.54) is 25.5 Å². The van der Waals surface area contributed by atoms with Crippen LogP contribution in [0, 0.1) is 37.3 Å². The molecule has 0 atom stereocenters. The number of carbonyl (C=O) groups excluding carboxylic acids is 1. The molecule has 358 valence electrons. The van der Waals surface area contributed by atoms with Crippen molar-refractivity contribution < 1.29 is 70.2 Å². The largest absolute Gasteiger partial charge is 3.00 e. The molecule has 5 heterocycles.